The topological polar surface area (TPSA) is 90.0 Å². The van der Waals surface area contributed by atoms with Gasteiger partial charge in [0.05, 0.1) is 17.1 Å². The molecular weight excluding hydrogens is 295 g/mol. The number of aromatic nitrogens is 4. The lowest BCUT2D eigenvalue weighted by atomic mass is 10.1. The number of nitrogens with zero attached hydrogens (tertiary/aromatic N) is 4. The normalized spacial score (nSPS) is 10.7. The van der Waals surface area contributed by atoms with Gasteiger partial charge >= 0.3 is 11.7 Å². The van der Waals surface area contributed by atoms with Gasteiger partial charge in [-0.15, -0.1) is 0 Å². The number of tetrazole rings is 1. The van der Waals surface area contributed by atoms with Crippen molar-refractivity contribution < 1.29 is 9.90 Å². The van der Waals surface area contributed by atoms with Gasteiger partial charge in [0.25, 0.3) is 0 Å². The highest BCUT2D eigenvalue weighted by atomic mass is 35.5. The molecule has 1 aromatic carbocycles. The molecule has 0 unspecified atom stereocenters. The third-order valence-electron chi connectivity index (χ3n) is 2.50. The molecule has 1 aromatic heterocycles. The monoisotopic (exact) mass is 302 g/mol. The SMILES string of the molecule is Cn1nnn(Cc2c(Cl)ccc(C(=O)O)c2Cl)c1=O. The number of halogens is 2. The third-order valence-corrected chi connectivity index (χ3v) is 3.29. The Morgan fingerprint density at radius 1 is 1.37 bits per heavy atom. The van der Waals surface area contributed by atoms with E-state index in [4.69, 9.17) is 28.3 Å². The Balaban J connectivity index is 2.51. The maximum Gasteiger partial charge on any atom is 0.363 e. The molecule has 0 aliphatic carbocycles. The third kappa shape index (κ3) is 2.47. The van der Waals surface area contributed by atoms with E-state index in [0.29, 0.717) is 5.56 Å². The minimum absolute atomic E-state index is 0.0162. The van der Waals surface area contributed by atoms with Gasteiger partial charge in [0.15, 0.2) is 0 Å². The first-order valence-electron chi connectivity index (χ1n) is 5.08. The second-order valence-corrected chi connectivity index (χ2v) is 4.52. The van der Waals surface area contributed by atoms with E-state index in [1.807, 2.05) is 0 Å². The molecule has 2 aromatic rings. The van der Waals surface area contributed by atoms with E-state index in [1.54, 1.807) is 0 Å². The lowest BCUT2D eigenvalue weighted by Crippen LogP contribution is -2.24. The number of carboxylic acids is 1. The highest BCUT2D eigenvalue weighted by molar-refractivity contribution is 6.37. The van der Waals surface area contributed by atoms with Crippen molar-refractivity contribution in [3.63, 3.8) is 0 Å². The Labute approximate surface area is 117 Å². The van der Waals surface area contributed by atoms with E-state index in [0.717, 1.165) is 9.36 Å². The molecule has 0 saturated heterocycles. The predicted octanol–water partition coefficient (Wildman–Crippen LogP) is 1.03. The molecule has 2 rings (SSSR count). The molecule has 0 saturated carbocycles. The van der Waals surface area contributed by atoms with Gasteiger partial charge in [-0.1, -0.05) is 23.2 Å². The first-order chi connectivity index (χ1) is 8.91. The largest absolute Gasteiger partial charge is 0.478 e. The first kappa shape index (κ1) is 13.6. The van der Waals surface area contributed by atoms with Crippen LogP contribution in [0.1, 0.15) is 15.9 Å². The van der Waals surface area contributed by atoms with Crippen molar-refractivity contribution in [2.45, 2.75) is 6.54 Å². The maximum absolute atomic E-state index is 11.6. The zero-order valence-corrected chi connectivity index (χ0v) is 11.2. The number of aryl methyl sites for hydroxylation is 1. The van der Waals surface area contributed by atoms with Gasteiger partial charge in [-0.3, -0.25) is 0 Å². The van der Waals surface area contributed by atoms with Gasteiger partial charge in [0.1, 0.15) is 0 Å². The summed E-state index contributed by atoms with van der Waals surface area (Å²) in [5.41, 5.74) is -0.225. The molecule has 0 fully saturated rings. The van der Waals surface area contributed by atoms with E-state index in [1.165, 1.54) is 19.2 Å². The number of carbonyl (C=O) groups is 1. The molecule has 9 heteroatoms. The Hall–Kier alpha value is -1.86. The average molecular weight is 303 g/mol. The summed E-state index contributed by atoms with van der Waals surface area (Å²) in [6.45, 7) is -0.0501. The van der Waals surface area contributed by atoms with Crippen molar-refractivity contribution >= 4 is 29.2 Å². The van der Waals surface area contributed by atoms with E-state index < -0.39 is 11.7 Å². The number of rotatable bonds is 3. The van der Waals surface area contributed by atoms with Crippen molar-refractivity contribution in [1.29, 1.82) is 0 Å². The molecule has 0 aliphatic rings. The molecule has 19 heavy (non-hydrogen) atoms. The van der Waals surface area contributed by atoms with Gasteiger partial charge in [-0.2, -0.15) is 9.36 Å². The summed E-state index contributed by atoms with van der Waals surface area (Å²) < 4.78 is 2.08. The fourth-order valence-electron chi connectivity index (χ4n) is 1.51. The van der Waals surface area contributed by atoms with Crippen molar-refractivity contribution in [2.75, 3.05) is 0 Å². The Kier molecular flexibility index (Phi) is 3.59. The second-order valence-electron chi connectivity index (χ2n) is 3.74. The fraction of sp³-hybridized carbons (Fsp3) is 0.200. The molecule has 0 aliphatic heterocycles. The number of carboxylic acid groups (broad SMARTS) is 1. The fourth-order valence-corrected chi connectivity index (χ4v) is 2.08. The summed E-state index contributed by atoms with van der Waals surface area (Å²) >= 11 is 11.9. The van der Waals surface area contributed by atoms with Gasteiger partial charge in [-0.05, 0) is 22.6 Å². The highest BCUT2D eigenvalue weighted by Gasteiger charge is 2.17. The van der Waals surface area contributed by atoms with Crippen molar-refractivity contribution in [3.8, 4) is 0 Å². The van der Waals surface area contributed by atoms with Crippen LogP contribution >= 0.6 is 23.2 Å². The minimum atomic E-state index is -1.17. The van der Waals surface area contributed by atoms with Crippen LogP contribution in [0.25, 0.3) is 0 Å². The quantitative estimate of drug-likeness (QED) is 0.914. The zero-order valence-electron chi connectivity index (χ0n) is 9.67. The molecule has 1 heterocycles. The maximum atomic E-state index is 11.6. The van der Waals surface area contributed by atoms with Crippen LogP contribution in [0.15, 0.2) is 16.9 Å². The van der Waals surface area contributed by atoms with E-state index in [2.05, 4.69) is 10.4 Å². The van der Waals surface area contributed by atoms with Crippen LogP contribution in [-0.2, 0) is 13.6 Å². The van der Waals surface area contributed by atoms with Crippen molar-refractivity contribution in [2.24, 2.45) is 7.05 Å². The second kappa shape index (κ2) is 5.02. The Bertz CT molecular complexity index is 707. The highest BCUT2D eigenvalue weighted by Crippen LogP contribution is 2.28. The molecular formula is C10H8Cl2N4O3. The van der Waals surface area contributed by atoms with Crippen LogP contribution in [0, 0.1) is 0 Å². The molecule has 0 bridgehead atoms. The van der Waals surface area contributed by atoms with E-state index >= 15 is 0 Å². The van der Waals surface area contributed by atoms with E-state index in [9.17, 15) is 9.59 Å². The van der Waals surface area contributed by atoms with Crippen molar-refractivity contribution in [1.82, 2.24) is 19.8 Å². The number of benzene rings is 1. The molecule has 0 spiro atoms. The molecule has 0 amide bonds. The van der Waals surface area contributed by atoms with Crippen LogP contribution < -0.4 is 5.69 Å². The van der Waals surface area contributed by atoms with Crippen LogP contribution in [-0.4, -0.2) is 30.9 Å². The molecule has 0 radical (unpaired) electrons. The summed E-state index contributed by atoms with van der Waals surface area (Å²) in [4.78, 5) is 22.6. The predicted molar refractivity (Wildman–Crippen MR) is 67.8 cm³/mol. The van der Waals surface area contributed by atoms with Gasteiger partial charge in [0.2, 0.25) is 0 Å². The van der Waals surface area contributed by atoms with E-state index in [-0.39, 0.29) is 22.2 Å². The standard InChI is InChI=1S/C10H8Cl2N4O3/c1-15-10(19)16(14-13-15)4-6-7(11)3-2-5(8(6)12)9(17)18/h2-3H,4H2,1H3,(H,17,18). The lowest BCUT2D eigenvalue weighted by molar-refractivity contribution is 0.0697. The summed E-state index contributed by atoms with van der Waals surface area (Å²) in [6, 6.07) is 2.71. The van der Waals surface area contributed by atoms with Gasteiger partial charge in [0, 0.05) is 17.6 Å². The average Bonchev–Trinajstić information content (AvgIpc) is 2.65. The van der Waals surface area contributed by atoms with Crippen LogP contribution in [0.4, 0.5) is 0 Å². The van der Waals surface area contributed by atoms with Gasteiger partial charge < -0.3 is 5.11 Å². The molecule has 7 nitrogen and oxygen atoms in total. The Morgan fingerprint density at radius 3 is 2.58 bits per heavy atom. The summed E-state index contributed by atoms with van der Waals surface area (Å²) in [5.74, 6) is -1.17. The number of aromatic carboxylic acids is 1. The Morgan fingerprint density at radius 2 is 2.05 bits per heavy atom. The summed E-state index contributed by atoms with van der Waals surface area (Å²) in [6.07, 6.45) is 0. The number of hydrogen-bond acceptors (Lipinski definition) is 4. The van der Waals surface area contributed by atoms with Crippen LogP contribution in [0.2, 0.25) is 10.0 Å². The molecule has 1 N–H and O–H groups in total. The summed E-state index contributed by atoms with van der Waals surface area (Å²) in [5, 5.41) is 16.4. The molecule has 0 atom stereocenters. The number of hydrogen-bond donors (Lipinski definition) is 1. The first-order valence-corrected chi connectivity index (χ1v) is 5.84. The van der Waals surface area contributed by atoms with Crippen LogP contribution in [0.5, 0.6) is 0 Å². The lowest BCUT2D eigenvalue weighted by Gasteiger charge is -2.08. The van der Waals surface area contributed by atoms with Gasteiger partial charge in [-0.25, -0.2) is 9.59 Å². The summed E-state index contributed by atoms with van der Waals surface area (Å²) in [7, 11) is 1.45. The smallest absolute Gasteiger partial charge is 0.363 e. The zero-order chi connectivity index (χ0) is 14.2. The van der Waals surface area contributed by atoms with Crippen LogP contribution in [0.3, 0.4) is 0 Å². The molecule has 100 valence electrons. The van der Waals surface area contributed by atoms with Crippen molar-refractivity contribution in [3.05, 3.63) is 43.8 Å². The minimum Gasteiger partial charge on any atom is -0.478 e.